The first-order chi connectivity index (χ1) is 9.81. The van der Waals surface area contributed by atoms with E-state index in [2.05, 4.69) is 40.5 Å². The van der Waals surface area contributed by atoms with Crippen LogP contribution in [0.4, 0.5) is 5.69 Å². The zero-order chi connectivity index (χ0) is 13.8. The Balaban J connectivity index is 1.44. The van der Waals surface area contributed by atoms with Gasteiger partial charge in [0, 0.05) is 38.5 Å². The fourth-order valence-corrected chi connectivity index (χ4v) is 3.34. The maximum atomic E-state index is 5.68. The van der Waals surface area contributed by atoms with Crippen LogP contribution >= 0.6 is 0 Å². The lowest BCUT2D eigenvalue weighted by Crippen LogP contribution is -2.52. The van der Waals surface area contributed by atoms with Crippen LogP contribution in [0.3, 0.4) is 0 Å². The summed E-state index contributed by atoms with van der Waals surface area (Å²) in [6, 6.07) is 11.4. The minimum absolute atomic E-state index is 0.149. The summed E-state index contributed by atoms with van der Waals surface area (Å²) >= 11 is 0. The second-order valence-corrected chi connectivity index (χ2v) is 6.22. The molecule has 3 rings (SSSR count). The van der Waals surface area contributed by atoms with E-state index in [1.165, 1.54) is 37.8 Å². The van der Waals surface area contributed by atoms with Crippen LogP contribution in [0, 0.1) is 0 Å². The van der Waals surface area contributed by atoms with Crippen molar-refractivity contribution in [1.29, 1.82) is 0 Å². The molecule has 2 fully saturated rings. The SMILES string of the molecule is COC1(CNC2CCN(c3ccccc3)CC2)CCC1. The van der Waals surface area contributed by atoms with E-state index >= 15 is 0 Å². The van der Waals surface area contributed by atoms with Gasteiger partial charge in [-0.3, -0.25) is 0 Å². The van der Waals surface area contributed by atoms with E-state index in [1.807, 2.05) is 7.11 Å². The van der Waals surface area contributed by atoms with Crippen molar-refractivity contribution in [2.24, 2.45) is 0 Å². The van der Waals surface area contributed by atoms with Gasteiger partial charge in [0.25, 0.3) is 0 Å². The molecular weight excluding hydrogens is 248 g/mol. The van der Waals surface area contributed by atoms with Crippen LogP contribution in [-0.2, 0) is 4.74 Å². The number of anilines is 1. The second-order valence-electron chi connectivity index (χ2n) is 6.22. The average Bonchev–Trinajstić information content (AvgIpc) is 2.48. The molecule has 0 spiro atoms. The van der Waals surface area contributed by atoms with Crippen LogP contribution < -0.4 is 10.2 Å². The van der Waals surface area contributed by atoms with Crippen LogP contribution in [0.5, 0.6) is 0 Å². The molecule has 0 radical (unpaired) electrons. The summed E-state index contributed by atoms with van der Waals surface area (Å²) in [5.74, 6) is 0. The van der Waals surface area contributed by atoms with Crippen molar-refractivity contribution < 1.29 is 4.74 Å². The first-order valence-corrected chi connectivity index (χ1v) is 7.90. The number of nitrogens with one attached hydrogen (secondary N) is 1. The van der Waals surface area contributed by atoms with Crippen molar-refractivity contribution in [3.63, 3.8) is 0 Å². The van der Waals surface area contributed by atoms with Crippen LogP contribution in [0.15, 0.2) is 30.3 Å². The third-order valence-electron chi connectivity index (χ3n) is 5.03. The number of nitrogens with zero attached hydrogens (tertiary/aromatic N) is 1. The third kappa shape index (κ3) is 2.99. The van der Waals surface area contributed by atoms with Crippen molar-refractivity contribution >= 4 is 5.69 Å². The van der Waals surface area contributed by atoms with Gasteiger partial charge in [-0.05, 0) is 44.2 Å². The van der Waals surface area contributed by atoms with Gasteiger partial charge in [0.05, 0.1) is 5.60 Å². The predicted octanol–water partition coefficient (Wildman–Crippen LogP) is 2.81. The molecule has 1 aliphatic carbocycles. The highest BCUT2D eigenvalue weighted by Gasteiger charge is 2.37. The molecule has 110 valence electrons. The maximum absolute atomic E-state index is 5.68. The number of benzene rings is 1. The van der Waals surface area contributed by atoms with Gasteiger partial charge in [-0.25, -0.2) is 0 Å². The molecule has 1 saturated heterocycles. The number of piperidine rings is 1. The van der Waals surface area contributed by atoms with E-state index in [4.69, 9.17) is 4.74 Å². The molecule has 3 heteroatoms. The van der Waals surface area contributed by atoms with Gasteiger partial charge < -0.3 is 15.0 Å². The number of hydrogen-bond acceptors (Lipinski definition) is 3. The fourth-order valence-electron chi connectivity index (χ4n) is 3.34. The Kier molecular flexibility index (Phi) is 4.27. The molecule has 1 aromatic rings. The molecule has 0 aromatic heterocycles. The van der Waals surface area contributed by atoms with E-state index in [-0.39, 0.29) is 5.60 Å². The number of para-hydroxylation sites is 1. The first-order valence-electron chi connectivity index (χ1n) is 7.90. The molecule has 1 aliphatic heterocycles. The summed E-state index contributed by atoms with van der Waals surface area (Å²) < 4.78 is 5.68. The predicted molar refractivity (Wildman–Crippen MR) is 83.3 cm³/mol. The summed E-state index contributed by atoms with van der Waals surface area (Å²) in [7, 11) is 1.86. The molecule has 1 heterocycles. The van der Waals surface area contributed by atoms with E-state index < -0.39 is 0 Å². The molecule has 0 amide bonds. The molecular formula is C17H26N2O. The molecule has 2 aliphatic rings. The summed E-state index contributed by atoms with van der Waals surface area (Å²) in [6.45, 7) is 3.34. The molecule has 1 saturated carbocycles. The Bertz CT molecular complexity index is 403. The van der Waals surface area contributed by atoms with Gasteiger partial charge in [0.1, 0.15) is 0 Å². The van der Waals surface area contributed by atoms with E-state index in [0.717, 1.165) is 19.6 Å². The number of hydrogen-bond donors (Lipinski definition) is 1. The van der Waals surface area contributed by atoms with Crippen molar-refractivity contribution in [2.45, 2.75) is 43.7 Å². The van der Waals surface area contributed by atoms with Gasteiger partial charge in [-0.15, -0.1) is 0 Å². The highest BCUT2D eigenvalue weighted by atomic mass is 16.5. The van der Waals surface area contributed by atoms with E-state index in [1.54, 1.807) is 0 Å². The monoisotopic (exact) mass is 274 g/mol. The quantitative estimate of drug-likeness (QED) is 0.893. The zero-order valence-electron chi connectivity index (χ0n) is 12.5. The van der Waals surface area contributed by atoms with Gasteiger partial charge in [-0.2, -0.15) is 0 Å². The van der Waals surface area contributed by atoms with Crippen LogP contribution in [0.2, 0.25) is 0 Å². The Hall–Kier alpha value is -1.06. The molecule has 0 unspecified atom stereocenters. The Labute approximate surface area is 122 Å². The first kappa shape index (κ1) is 13.9. The zero-order valence-corrected chi connectivity index (χ0v) is 12.5. The minimum Gasteiger partial charge on any atom is -0.377 e. The maximum Gasteiger partial charge on any atom is 0.0802 e. The van der Waals surface area contributed by atoms with Crippen molar-refractivity contribution in [2.75, 3.05) is 31.6 Å². The molecule has 20 heavy (non-hydrogen) atoms. The highest BCUT2D eigenvalue weighted by Crippen LogP contribution is 2.34. The lowest BCUT2D eigenvalue weighted by molar-refractivity contribution is -0.0711. The minimum atomic E-state index is 0.149. The standard InChI is InChI=1S/C17H26N2O/c1-20-17(10-5-11-17)14-18-15-8-12-19(13-9-15)16-6-3-2-4-7-16/h2-4,6-7,15,18H,5,8-14H2,1H3. The van der Waals surface area contributed by atoms with Crippen LogP contribution in [0.1, 0.15) is 32.1 Å². The van der Waals surface area contributed by atoms with E-state index in [0.29, 0.717) is 6.04 Å². The lowest BCUT2D eigenvalue weighted by atomic mass is 9.79. The number of methoxy groups -OCH3 is 1. The molecule has 3 nitrogen and oxygen atoms in total. The Morgan fingerprint density at radius 2 is 1.90 bits per heavy atom. The summed E-state index contributed by atoms with van der Waals surface area (Å²) in [6.07, 6.45) is 6.23. The highest BCUT2D eigenvalue weighted by molar-refractivity contribution is 5.46. The smallest absolute Gasteiger partial charge is 0.0802 e. The van der Waals surface area contributed by atoms with Crippen molar-refractivity contribution in [3.8, 4) is 0 Å². The molecule has 1 aromatic carbocycles. The summed E-state index contributed by atoms with van der Waals surface area (Å²) in [5, 5.41) is 3.74. The van der Waals surface area contributed by atoms with Crippen molar-refractivity contribution in [1.82, 2.24) is 5.32 Å². The van der Waals surface area contributed by atoms with Gasteiger partial charge in [0.15, 0.2) is 0 Å². The van der Waals surface area contributed by atoms with Crippen LogP contribution in [0.25, 0.3) is 0 Å². The lowest BCUT2D eigenvalue weighted by Gasteiger charge is -2.42. The number of ether oxygens (including phenoxy) is 1. The van der Waals surface area contributed by atoms with Gasteiger partial charge >= 0.3 is 0 Å². The summed E-state index contributed by atoms with van der Waals surface area (Å²) in [5.41, 5.74) is 1.51. The molecule has 0 bridgehead atoms. The Morgan fingerprint density at radius 3 is 2.45 bits per heavy atom. The normalized spacial score (nSPS) is 22.6. The largest absolute Gasteiger partial charge is 0.377 e. The third-order valence-corrected chi connectivity index (χ3v) is 5.03. The van der Waals surface area contributed by atoms with E-state index in [9.17, 15) is 0 Å². The molecule has 0 atom stereocenters. The van der Waals surface area contributed by atoms with Crippen molar-refractivity contribution in [3.05, 3.63) is 30.3 Å². The number of rotatable bonds is 5. The van der Waals surface area contributed by atoms with Gasteiger partial charge in [-0.1, -0.05) is 18.2 Å². The van der Waals surface area contributed by atoms with Gasteiger partial charge in [0.2, 0.25) is 0 Å². The fraction of sp³-hybridized carbons (Fsp3) is 0.647. The average molecular weight is 274 g/mol. The molecule has 1 N–H and O–H groups in total. The summed E-state index contributed by atoms with van der Waals surface area (Å²) in [4.78, 5) is 2.49. The topological polar surface area (TPSA) is 24.5 Å². The second kappa shape index (κ2) is 6.15. The Morgan fingerprint density at radius 1 is 1.20 bits per heavy atom. The van der Waals surface area contributed by atoms with Crippen LogP contribution in [-0.4, -0.2) is 38.4 Å².